The van der Waals surface area contributed by atoms with Crippen LogP contribution >= 0.6 is 15.9 Å². The zero-order chi connectivity index (χ0) is 13.2. The number of nitrogens with two attached hydrogens (primary N) is 1. The summed E-state index contributed by atoms with van der Waals surface area (Å²) >= 11 is 2.99. The minimum absolute atomic E-state index is 0.0300. The lowest BCUT2D eigenvalue weighted by atomic mass is 10.1. The Labute approximate surface area is 105 Å². The van der Waals surface area contributed by atoms with Gasteiger partial charge in [-0.25, -0.2) is 0 Å². The van der Waals surface area contributed by atoms with Crippen molar-refractivity contribution in [2.24, 2.45) is 5.73 Å². The van der Waals surface area contributed by atoms with E-state index in [1.165, 1.54) is 7.11 Å². The highest BCUT2D eigenvalue weighted by molar-refractivity contribution is 9.10. The van der Waals surface area contributed by atoms with Crippen LogP contribution in [0.25, 0.3) is 0 Å². The van der Waals surface area contributed by atoms with Gasteiger partial charge in [-0.05, 0) is 15.9 Å². The fraction of sp³-hybridized carbons (Fsp3) is 0.333. The first-order chi connectivity index (χ1) is 7.93. The van der Waals surface area contributed by atoms with Crippen molar-refractivity contribution in [3.8, 4) is 11.5 Å². The minimum Gasteiger partial charge on any atom is -0.504 e. The molecular weight excluding hydrogens is 296 g/mol. The summed E-state index contributed by atoms with van der Waals surface area (Å²) < 4.78 is 4.84. The van der Waals surface area contributed by atoms with Crippen molar-refractivity contribution in [3.63, 3.8) is 0 Å². The number of methoxy groups -OCH3 is 1. The van der Waals surface area contributed by atoms with Gasteiger partial charge in [-0.3, -0.25) is 10.1 Å². The molecule has 1 aromatic carbocycles. The zero-order valence-corrected chi connectivity index (χ0v) is 10.5. The van der Waals surface area contributed by atoms with E-state index in [-0.39, 0.29) is 27.2 Å². The summed E-state index contributed by atoms with van der Waals surface area (Å²) in [5, 5.41) is 29.6. The first-order valence-corrected chi connectivity index (χ1v) is 5.33. The van der Waals surface area contributed by atoms with Crippen molar-refractivity contribution >= 4 is 21.6 Å². The molecule has 0 fully saturated rings. The van der Waals surface area contributed by atoms with Crippen LogP contribution in [0.4, 0.5) is 5.69 Å². The van der Waals surface area contributed by atoms with E-state index in [4.69, 9.17) is 15.6 Å². The molecule has 1 rings (SSSR count). The topological polar surface area (TPSA) is 119 Å². The van der Waals surface area contributed by atoms with E-state index in [0.717, 1.165) is 6.07 Å². The number of halogens is 1. The predicted octanol–water partition coefficient (Wildman–Crippen LogP) is 1.06. The third-order valence-corrected chi connectivity index (χ3v) is 3.04. The molecule has 0 aliphatic rings. The maximum Gasteiger partial charge on any atom is 0.287 e. The molecular formula is C9H11BrN2O5. The highest BCUT2D eigenvalue weighted by Crippen LogP contribution is 2.43. The van der Waals surface area contributed by atoms with E-state index in [0.29, 0.717) is 0 Å². The molecule has 0 amide bonds. The fourth-order valence-corrected chi connectivity index (χ4v) is 2.09. The summed E-state index contributed by atoms with van der Waals surface area (Å²) in [6.07, 6.45) is 0. The molecule has 0 unspecified atom stereocenters. The third-order valence-electron chi connectivity index (χ3n) is 2.20. The Morgan fingerprint density at radius 1 is 1.71 bits per heavy atom. The highest BCUT2D eigenvalue weighted by atomic mass is 79.9. The number of nitro groups is 1. The summed E-state index contributed by atoms with van der Waals surface area (Å²) in [6, 6.07) is 0.130. The number of aliphatic hydroxyl groups excluding tert-OH is 1. The van der Waals surface area contributed by atoms with E-state index >= 15 is 0 Å². The second-order valence-corrected chi connectivity index (χ2v) is 4.01. The first kappa shape index (κ1) is 13.7. The van der Waals surface area contributed by atoms with Crippen molar-refractivity contribution in [2.75, 3.05) is 13.7 Å². The van der Waals surface area contributed by atoms with Gasteiger partial charge in [-0.15, -0.1) is 0 Å². The number of nitrogens with zero attached hydrogens (tertiary/aromatic N) is 1. The maximum absolute atomic E-state index is 10.8. The minimum atomic E-state index is -0.946. The Kier molecular flexibility index (Phi) is 4.27. The number of phenols is 1. The van der Waals surface area contributed by atoms with Gasteiger partial charge >= 0.3 is 0 Å². The SMILES string of the molecule is COc1cc([N+](=O)[O-])c(Br)c([C@@H](N)CO)c1O. The molecule has 4 N–H and O–H groups in total. The van der Waals surface area contributed by atoms with E-state index in [1.807, 2.05) is 0 Å². The number of benzene rings is 1. The standard InChI is InChI=1S/C9H11BrN2O5/c1-17-6-2-5(12(15)16)8(10)7(9(6)14)4(11)3-13/h2,4,13-14H,3,11H2,1H3/t4-/m0/s1. The monoisotopic (exact) mass is 306 g/mol. The lowest BCUT2D eigenvalue weighted by Gasteiger charge is -2.15. The van der Waals surface area contributed by atoms with Crippen LogP contribution in [0, 0.1) is 10.1 Å². The summed E-state index contributed by atoms with van der Waals surface area (Å²) in [4.78, 5) is 10.2. The third kappa shape index (κ3) is 2.48. The first-order valence-electron chi connectivity index (χ1n) is 4.54. The molecule has 0 saturated carbocycles. The van der Waals surface area contributed by atoms with E-state index in [9.17, 15) is 15.2 Å². The number of phenolic OH excluding ortho intramolecular Hbond substituents is 1. The number of hydrogen-bond donors (Lipinski definition) is 3. The summed E-state index contributed by atoms with van der Waals surface area (Å²) in [6.45, 7) is -0.462. The number of nitro benzene ring substituents is 1. The van der Waals surface area contributed by atoms with Crippen molar-refractivity contribution in [3.05, 3.63) is 26.2 Å². The quantitative estimate of drug-likeness (QED) is 0.565. The van der Waals surface area contributed by atoms with Crippen molar-refractivity contribution < 1.29 is 19.9 Å². The van der Waals surface area contributed by atoms with Crippen LogP contribution in [0.1, 0.15) is 11.6 Å². The molecule has 94 valence electrons. The highest BCUT2D eigenvalue weighted by Gasteiger charge is 2.26. The number of ether oxygens (including phenoxy) is 1. The summed E-state index contributed by atoms with van der Waals surface area (Å²) in [7, 11) is 1.26. The lowest BCUT2D eigenvalue weighted by molar-refractivity contribution is -0.385. The smallest absolute Gasteiger partial charge is 0.287 e. The molecule has 0 aliphatic heterocycles. The molecule has 7 nitrogen and oxygen atoms in total. The van der Waals surface area contributed by atoms with E-state index in [2.05, 4.69) is 15.9 Å². The molecule has 0 radical (unpaired) electrons. The normalized spacial score (nSPS) is 12.2. The van der Waals surface area contributed by atoms with Crippen LogP contribution < -0.4 is 10.5 Å². The molecule has 1 atom stereocenters. The Morgan fingerprint density at radius 2 is 2.29 bits per heavy atom. The molecule has 0 aromatic heterocycles. The van der Waals surface area contributed by atoms with Gasteiger partial charge in [-0.1, -0.05) is 0 Å². The van der Waals surface area contributed by atoms with Crippen molar-refractivity contribution in [1.29, 1.82) is 0 Å². The Balaban J connectivity index is 3.55. The maximum atomic E-state index is 10.8. The summed E-state index contributed by atoms with van der Waals surface area (Å²) in [5.41, 5.74) is 5.32. The molecule has 0 aliphatic carbocycles. The molecule has 17 heavy (non-hydrogen) atoms. The van der Waals surface area contributed by atoms with Gasteiger partial charge in [0.25, 0.3) is 5.69 Å². The van der Waals surface area contributed by atoms with E-state index in [1.54, 1.807) is 0 Å². The average Bonchev–Trinajstić information content (AvgIpc) is 2.28. The predicted molar refractivity (Wildman–Crippen MR) is 63.0 cm³/mol. The molecule has 1 aromatic rings. The van der Waals surface area contributed by atoms with Crippen LogP contribution in [0.3, 0.4) is 0 Å². The van der Waals surface area contributed by atoms with E-state index < -0.39 is 17.6 Å². The number of aromatic hydroxyl groups is 1. The zero-order valence-electron chi connectivity index (χ0n) is 8.88. The Bertz CT molecular complexity index is 452. The molecule has 0 spiro atoms. The second-order valence-electron chi connectivity index (χ2n) is 3.22. The number of aliphatic hydroxyl groups is 1. The summed E-state index contributed by atoms with van der Waals surface area (Å²) in [5.74, 6) is -0.398. The number of hydrogen-bond acceptors (Lipinski definition) is 6. The van der Waals surface area contributed by atoms with Crippen molar-refractivity contribution in [2.45, 2.75) is 6.04 Å². The lowest BCUT2D eigenvalue weighted by Crippen LogP contribution is -2.16. The average molecular weight is 307 g/mol. The molecule has 8 heteroatoms. The van der Waals surface area contributed by atoms with Gasteiger partial charge in [0.2, 0.25) is 0 Å². The van der Waals surface area contributed by atoms with Crippen LogP contribution in [-0.4, -0.2) is 28.9 Å². The van der Waals surface area contributed by atoms with Crippen LogP contribution in [0.15, 0.2) is 10.5 Å². The number of rotatable bonds is 4. The Morgan fingerprint density at radius 3 is 2.71 bits per heavy atom. The Hall–Kier alpha value is -1.38. The van der Waals surface area contributed by atoms with Gasteiger partial charge in [0.15, 0.2) is 11.5 Å². The molecule has 0 saturated heterocycles. The molecule has 0 bridgehead atoms. The second kappa shape index (κ2) is 5.30. The van der Waals surface area contributed by atoms with Crippen LogP contribution in [0.5, 0.6) is 11.5 Å². The van der Waals surface area contributed by atoms with Gasteiger partial charge < -0.3 is 20.7 Å². The van der Waals surface area contributed by atoms with Crippen LogP contribution in [-0.2, 0) is 0 Å². The van der Waals surface area contributed by atoms with Gasteiger partial charge in [0.05, 0.1) is 30.7 Å². The van der Waals surface area contributed by atoms with Crippen LogP contribution in [0.2, 0.25) is 0 Å². The van der Waals surface area contributed by atoms with Crippen molar-refractivity contribution in [1.82, 2.24) is 0 Å². The molecule has 0 heterocycles. The van der Waals surface area contributed by atoms with Gasteiger partial charge in [0, 0.05) is 5.56 Å². The van der Waals surface area contributed by atoms with Gasteiger partial charge in [-0.2, -0.15) is 0 Å². The van der Waals surface area contributed by atoms with Gasteiger partial charge in [0.1, 0.15) is 4.47 Å². The fourth-order valence-electron chi connectivity index (χ4n) is 1.35. The largest absolute Gasteiger partial charge is 0.504 e.